The maximum absolute atomic E-state index is 4.59. The van der Waals surface area contributed by atoms with Crippen LogP contribution in [0.15, 0.2) is 29.3 Å². The van der Waals surface area contributed by atoms with E-state index in [1.807, 2.05) is 0 Å². The zero-order chi connectivity index (χ0) is 9.26. The van der Waals surface area contributed by atoms with E-state index in [0.717, 1.165) is 12.1 Å². The van der Waals surface area contributed by atoms with E-state index in [9.17, 15) is 0 Å². The molecule has 0 bridgehead atoms. The summed E-state index contributed by atoms with van der Waals surface area (Å²) in [6.45, 7) is 4.18. The molecule has 1 aromatic carbocycles. The zero-order valence-electron chi connectivity index (χ0n) is 8.04. The third-order valence-electron chi connectivity index (χ3n) is 2.28. The SMILES string of the molecule is CC1=Nc2c(C)cccc2C=CC1. The second kappa shape index (κ2) is 3.17. The largest absolute Gasteiger partial charge is 0.257 e. The lowest BCUT2D eigenvalue weighted by Gasteiger charge is -2.03. The van der Waals surface area contributed by atoms with Crippen LogP contribution in [0.4, 0.5) is 5.69 Å². The first-order valence-corrected chi connectivity index (χ1v) is 4.58. The molecule has 1 aliphatic heterocycles. The highest BCUT2D eigenvalue weighted by Crippen LogP contribution is 2.27. The number of hydrogen-bond acceptors (Lipinski definition) is 1. The quantitative estimate of drug-likeness (QED) is 0.566. The van der Waals surface area contributed by atoms with E-state index in [4.69, 9.17) is 0 Å². The number of nitrogens with zero attached hydrogens (tertiary/aromatic N) is 1. The van der Waals surface area contributed by atoms with Crippen molar-refractivity contribution < 1.29 is 0 Å². The van der Waals surface area contributed by atoms with Crippen molar-refractivity contribution in [2.24, 2.45) is 4.99 Å². The van der Waals surface area contributed by atoms with E-state index < -0.39 is 0 Å². The number of aryl methyl sites for hydroxylation is 1. The van der Waals surface area contributed by atoms with Crippen molar-refractivity contribution in [3.8, 4) is 0 Å². The molecule has 0 aromatic heterocycles. The van der Waals surface area contributed by atoms with Crippen LogP contribution in [0.5, 0.6) is 0 Å². The van der Waals surface area contributed by atoms with Crippen molar-refractivity contribution in [2.75, 3.05) is 0 Å². The minimum Gasteiger partial charge on any atom is -0.257 e. The molecule has 1 heterocycles. The summed E-state index contributed by atoms with van der Waals surface area (Å²) in [5, 5.41) is 0. The van der Waals surface area contributed by atoms with Gasteiger partial charge in [0.1, 0.15) is 0 Å². The lowest BCUT2D eigenvalue weighted by atomic mass is 10.1. The van der Waals surface area contributed by atoms with Gasteiger partial charge < -0.3 is 0 Å². The Morgan fingerprint density at radius 1 is 1.23 bits per heavy atom. The van der Waals surface area contributed by atoms with E-state index in [1.165, 1.54) is 16.8 Å². The van der Waals surface area contributed by atoms with E-state index in [-0.39, 0.29) is 0 Å². The van der Waals surface area contributed by atoms with Crippen LogP contribution in [0.1, 0.15) is 24.5 Å². The van der Waals surface area contributed by atoms with Gasteiger partial charge in [-0.2, -0.15) is 0 Å². The number of hydrogen-bond donors (Lipinski definition) is 0. The van der Waals surface area contributed by atoms with Crippen molar-refractivity contribution in [3.05, 3.63) is 35.4 Å². The molecule has 1 aromatic rings. The van der Waals surface area contributed by atoms with Crippen LogP contribution in [0, 0.1) is 6.92 Å². The van der Waals surface area contributed by atoms with Crippen LogP contribution in [0.25, 0.3) is 6.08 Å². The van der Waals surface area contributed by atoms with Gasteiger partial charge in [-0.1, -0.05) is 30.4 Å². The zero-order valence-corrected chi connectivity index (χ0v) is 8.04. The standard InChI is InChI=1S/C12H13N/c1-9-5-3-7-11-8-4-6-10(2)13-12(9)11/h3-5,7-8H,6H2,1-2H3. The molecule has 0 aliphatic carbocycles. The smallest absolute Gasteiger partial charge is 0.0730 e. The van der Waals surface area contributed by atoms with E-state index in [1.54, 1.807) is 0 Å². The van der Waals surface area contributed by atoms with Gasteiger partial charge >= 0.3 is 0 Å². The Bertz CT molecular complexity index is 386. The molecule has 2 rings (SSSR count). The van der Waals surface area contributed by atoms with Crippen molar-refractivity contribution in [1.82, 2.24) is 0 Å². The van der Waals surface area contributed by atoms with Gasteiger partial charge in [0, 0.05) is 17.7 Å². The van der Waals surface area contributed by atoms with Crippen LogP contribution in [0.3, 0.4) is 0 Å². The molecule has 13 heavy (non-hydrogen) atoms. The third kappa shape index (κ3) is 1.55. The van der Waals surface area contributed by atoms with Crippen LogP contribution < -0.4 is 0 Å². The fourth-order valence-electron chi connectivity index (χ4n) is 1.56. The van der Waals surface area contributed by atoms with Gasteiger partial charge in [0.25, 0.3) is 0 Å². The summed E-state index contributed by atoms with van der Waals surface area (Å²) in [7, 11) is 0. The monoisotopic (exact) mass is 171 g/mol. The fourth-order valence-corrected chi connectivity index (χ4v) is 1.56. The molecular weight excluding hydrogens is 158 g/mol. The topological polar surface area (TPSA) is 12.4 Å². The van der Waals surface area contributed by atoms with Crippen LogP contribution in [-0.2, 0) is 0 Å². The number of benzene rings is 1. The number of fused-ring (bicyclic) bond motifs is 1. The summed E-state index contributed by atoms with van der Waals surface area (Å²) in [6.07, 6.45) is 5.29. The Kier molecular flexibility index (Phi) is 2.01. The lowest BCUT2D eigenvalue weighted by Crippen LogP contribution is -1.86. The summed E-state index contributed by atoms with van der Waals surface area (Å²) < 4.78 is 0. The summed E-state index contributed by atoms with van der Waals surface area (Å²) in [4.78, 5) is 4.59. The summed E-state index contributed by atoms with van der Waals surface area (Å²) in [5.41, 5.74) is 4.80. The van der Waals surface area contributed by atoms with Crippen molar-refractivity contribution in [3.63, 3.8) is 0 Å². The first kappa shape index (κ1) is 8.24. The molecule has 0 amide bonds. The highest BCUT2D eigenvalue weighted by molar-refractivity contribution is 5.90. The molecular formula is C12H13N. The first-order valence-electron chi connectivity index (χ1n) is 4.58. The molecule has 0 saturated heterocycles. The molecule has 0 N–H and O–H groups in total. The van der Waals surface area contributed by atoms with Crippen LogP contribution in [0.2, 0.25) is 0 Å². The highest BCUT2D eigenvalue weighted by atomic mass is 14.8. The van der Waals surface area contributed by atoms with Crippen LogP contribution in [-0.4, -0.2) is 5.71 Å². The Hall–Kier alpha value is -1.37. The third-order valence-corrected chi connectivity index (χ3v) is 2.28. The minimum absolute atomic E-state index is 0.966. The van der Waals surface area contributed by atoms with Crippen molar-refractivity contribution in [2.45, 2.75) is 20.3 Å². The lowest BCUT2D eigenvalue weighted by molar-refractivity contribution is 1.35. The van der Waals surface area contributed by atoms with Crippen molar-refractivity contribution >= 4 is 17.5 Å². The second-order valence-corrected chi connectivity index (χ2v) is 3.47. The molecule has 1 nitrogen and oxygen atoms in total. The maximum Gasteiger partial charge on any atom is 0.0730 e. The van der Waals surface area contributed by atoms with Gasteiger partial charge in [-0.05, 0) is 19.4 Å². The van der Waals surface area contributed by atoms with E-state index in [2.05, 4.69) is 49.2 Å². The molecule has 0 atom stereocenters. The average molecular weight is 171 g/mol. The first-order chi connectivity index (χ1) is 6.27. The number of para-hydroxylation sites is 1. The molecule has 1 heteroatoms. The van der Waals surface area contributed by atoms with Gasteiger partial charge in [-0.3, -0.25) is 4.99 Å². The van der Waals surface area contributed by atoms with Gasteiger partial charge in [-0.25, -0.2) is 0 Å². The Balaban J connectivity index is 2.65. The molecule has 0 radical (unpaired) electrons. The van der Waals surface area contributed by atoms with Crippen LogP contribution >= 0.6 is 0 Å². The van der Waals surface area contributed by atoms with E-state index in [0.29, 0.717) is 0 Å². The fraction of sp³-hybridized carbons (Fsp3) is 0.250. The number of rotatable bonds is 0. The van der Waals surface area contributed by atoms with Gasteiger partial charge in [0.05, 0.1) is 5.69 Å². The normalized spacial score (nSPS) is 14.8. The molecule has 0 saturated carbocycles. The highest BCUT2D eigenvalue weighted by Gasteiger charge is 2.04. The van der Waals surface area contributed by atoms with Crippen molar-refractivity contribution in [1.29, 1.82) is 0 Å². The maximum atomic E-state index is 4.59. The average Bonchev–Trinajstić information content (AvgIpc) is 2.28. The molecule has 66 valence electrons. The van der Waals surface area contributed by atoms with Gasteiger partial charge in [-0.15, -0.1) is 0 Å². The predicted molar refractivity (Wildman–Crippen MR) is 57.6 cm³/mol. The second-order valence-electron chi connectivity index (χ2n) is 3.47. The summed E-state index contributed by atoms with van der Waals surface area (Å²) in [5.74, 6) is 0. The Morgan fingerprint density at radius 3 is 2.92 bits per heavy atom. The predicted octanol–water partition coefficient (Wildman–Crippen LogP) is 3.50. The molecule has 0 unspecified atom stereocenters. The summed E-state index contributed by atoms with van der Waals surface area (Å²) >= 11 is 0. The number of allylic oxidation sites excluding steroid dienone is 1. The van der Waals surface area contributed by atoms with E-state index >= 15 is 0 Å². The minimum atomic E-state index is 0.966. The van der Waals surface area contributed by atoms with Gasteiger partial charge in [0.2, 0.25) is 0 Å². The molecule has 0 fully saturated rings. The Morgan fingerprint density at radius 2 is 2.08 bits per heavy atom. The summed E-state index contributed by atoms with van der Waals surface area (Å²) in [6, 6.07) is 6.30. The molecule has 0 spiro atoms. The molecule has 1 aliphatic rings. The Labute approximate surface area is 78.8 Å². The van der Waals surface area contributed by atoms with Gasteiger partial charge in [0.15, 0.2) is 0 Å². The number of aliphatic imine (C=N–C) groups is 1.